The molecule has 1 aliphatic carbocycles. The molecule has 0 radical (unpaired) electrons. The fraction of sp³-hybridized carbons (Fsp3) is 0.250. The highest BCUT2D eigenvalue weighted by molar-refractivity contribution is 6.30. The van der Waals surface area contributed by atoms with Gasteiger partial charge in [0, 0.05) is 23.0 Å². The molecule has 0 unspecified atom stereocenters. The zero-order valence-corrected chi connectivity index (χ0v) is 11.7. The zero-order chi connectivity index (χ0) is 13.9. The van der Waals surface area contributed by atoms with Gasteiger partial charge in [0.15, 0.2) is 0 Å². The van der Waals surface area contributed by atoms with E-state index in [-0.39, 0.29) is 11.9 Å². The van der Waals surface area contributed by atoms with Crippen LogP contribution in [0.4, 0.5) is 0 Å². The molecule has 0 aliphatic heterocycles. The van der Waals surface area contributed by atoms with Crippen LogP contribution in [-0.2, 0) is 0 Å². The number of halogens is 1. The molecular weight excluding hydrogens is 272 g/mol. The largest absolute Gasteiger partial charge is 0.345 e. The van der Waals surface area contributed by atoms with Gasteiger partial charge in [-0.1, -0.05) is 23.7 Å². The minimum absolute atomic E-state index is 0.0562. The van der Waals surface area contributed by atoms with Gasteiger partial charge in [0.1, 0.15) is 0 Å². The van der Waals surface area contributed by atoms with Crippen LogP contribution in [0.1, 0.15) is 34.8 Å². The second kappa shape index (κ2) is 5.63. The predicted octanol–water partition coefficient (Wildman–Crippen LogP) is 3.62. The Morgan fingerprint density at radius 3 is 2.40 bits per heavy atom. The van der Waals surface area contributed by atoms with Crippen LogP contribution in [0.15, 0.2) is 48.8 Å². The smallest absolute Gasteiger partial charge is 0.251 e. The van der Waals surface area contributed by atoms with Crippen LogP contribution in [0.3, 0.4) is 0 Å². The number of pyridine rings is 1. The van der Waals surface area contributed by atoms with Crippen molar-refractivity contribution in [1.82, 2.24) is 10.3 Å². The Kier molecular flexibility index (Phi) is 3.70. The summed E-state index contributed by atoms with van der Waals surface area (Å²) in [6, 6.07) is 11.2. The van der Waals surface area contributed by atoms with Crippen molar-refractivity contribution in [1.29, 1.82) is 0 Å². The molecule has 1 fully saturated rings. The number of rotatable bonds is 4. The van der Waals surface area contributed by atoms with E-state index in [1.54, 1.807) is 24.5 Å². The number of hydrogen-bond acceptors (Lipinski definition) is 2. The van der Waals surface area contributed by atoms with Crippen molar-refractivity contribution in [3.8, 4) is 0 Å². The summed E-state index contributed by atoms with van der Waals surface area (Å²) < 4.78 is 0. The number of carbonyl (C=O) groups is 1. The lowest BCUT2D eigenvalue weighted by Gasteiger charge is -2.19. The topological polar surface area (TPSA) is 42.0 Å². The molecule has 3 nitrogen and oxygen atoms in total. The van der Waals surface area contributed by atoms with E-state index in [0.717, 1.165) is 18.4 Å². The van der Waals surface area contributed by atoms with Gasteiger partial charge in [-0.15, -0.1) is 0 Å². The number of carbonyl (C=O) groups excluding carboxylic acids is 1. The van der Waals surface area contributed by atoms with Crippen molar-refractivity contribution in [2.24, 2.45) is 5.92 Å². The summed E-state index contributed by atoms with van der Waals surface area (Å²) in [7, 11) is 0. The van der Waals surface area contributed by atoms with Gasteiger partial charge in [0.05, 0.1) is 6.04 Å². The number of benzene rings is 1. The van der Waals surface area contributed by atoms with Crippen LogP contribution in [-0.4, -0.2) is 10.9 Å². The number of nitrogens with one attached hydrogen (secondary N) is 1. The van der Waals surface area contributed by atoms with Gasteiger partial charge in [-0.2, -0.15) is 0 Å². The first kappa shape index (κ1) is 13.1. The molecule has 1 aromatic heterocycles. The normalized spacial score (nSPS) is 15.7. The van der Waals surface area contributed by atoms with Crippen LogP contribution in [0, 0.1) is 5.92 Å². The molecule has 0 spiro atoms. The maximum absolute atomic E-state index is 12.3. The van der Waals surface area contributed by atoms with E-state index in [9.17, 15) is 4.79 Å². The van der Waals surface area contributed by atoms with Crippen LogP contribution >= 0.6 is 11.6 Å². The maximum atomic E-state index is 12.3. The fourth-order valence-corrected chi connectivity index (χ4v) is 2.43. The molecule has 3 rings (SSSR count). The molecule has 1 N–H and O–H groups in total. The molecule has 1 amide bonds. The van der Waals surface area contributed by atoms with Crippen LogP contribution in [0.25, 0.3) is 0 Å². The molecule has 2 aromatic rings. The van der Waals surface area contributed by atoms with Gasteiger partial charge in [-0.05, 0) is 48.6 Å². The third kappa shape index (κ3) is 2.99. The van der Waals surface area contributed by atoms with Gasteiger partial charge in [0.2, 0.25) is 0 Å². The number of nitrogens with zero attached hydrogens (tertiary/aromatic N) is 1. The summed E-state index contributed by atoms with van der Waals surface area (Å²) >= 11 is 5.92. The van der Waals surface area contributed by atoms with E-state index in [1.165, 1.54) is 0 Å². The molecule has 4 heteroatoms. The fourth-order valence-electron chi connectivity index (χ4n) is 2.30. The third-order valence-electron chi connectivity index (χ3n) is 3.55. The summed E-state index contributed by atoms with van der Waals surface area (Å²) in [5.41, 5.74) is 1.75. The summed E-state index contributed by atoms with van der Waals surface area (Å²) in [6.45, 7) is 0. The third-order valence-corrected chi connectivity index (χ3v) is 3.80. The quantitative estimate of drug-likeness (QED) is 0.933. The average Bonchev–Trinajstić information content (AvgIpc) is 3.31. The van der Waals surface area contributed by atoms with E-state index >= 15 is 0 Å². The van der Waals surface area contributed by atoms with Crippen molar-refractivity contribution in [3.63, 3.8) is 0 Å². The maximum Gasteiger partial charge on any atom is 0.251 e. The van der Waals surface area contributed by atoms with Crippen molar-refractivity contribution >= 4 is 17.5 Å². The summed E-state index contributed by atoms with van der Waals surface area (Å²) in [5.74, 6) is 0.473. The number of hydrogen-bond donors (Lipinski definition) is 1. The molecule has 1 heterocycles. The second-order valence-corrected chi connectivity index (χ2v) is 5.51. The van der Waals surface area contributed by atoms with Crippen LogP contribution < -0.4 is 5.32 Å². The summed E-state index contributed by atoms with van der Waals surface area (Å²) in [6.07, 6.45) is 5.57. The monoisotopic (exact) mass is 286 g/mol. The minimum Gasteiger partial charge on any atom is -0.345 e. The Balaban J connectivity index is 1.78. The lowest BCUT2D eigenvalue weighted by atomic mass is 10.0. The number of amides is 1. The molecule has 1 saturated carbocycles. The minimum atomic E-state index is -0.0562. The molecule has 102 valence electrons. The molecule has 1 aromatic carbocycles. The average molecular weight is 287 g/mol. The zero-order valence-electron chi connectivity index (χ0n) is 10.9. The van der Waals surface area contributed by atoms with E-state index in [0.29, 0.717) is 16.5 Å². The van der Waals surface area contributed by atoms with Gasteiger partial charge in [0.25, 0.3) is 5.91 Å². The van der Waals surface area contributed by atoms with Gasteiger partial charge < -0.3 is 5.32 Å². The van der Waals surface area contributed by atoms with Gasteiger partial charge in [-0.25, -0.2) is 0 Å². The molecule has 0 bridgehead atoms. The molecular formula is C16H15ClN2O. The summed E-state index contributed by atoms with van der Waals surface area (Å²) in [4.78, 5) is 16.2. The Labute approximate surface area is 123 Å². The second-order valence-electron chi connectivity index (χ2n) is 5.08. The van der Waals surface area contributed by atoms with E-state index in [4.69, 9.17) is 11.6 Å². The van der Waals surface area contributed by atoms with Crippen molar-refractivity contribution in [2.45, 2.75) is 18.9 Å². The van der Waals surface area contributed by atoms with Crippen LogP contribution in [0.5, 0.6) is 0 Å². The summed E-state index contributed by atoms with van der Waals surface area (Å²) in [5, 5.41) is 3.83. The Morgan fingerprint density at radius 1 is 1.15 bits per heavy atom. The molecule has 20 heavy (non-hydrogen) atoms. The lowest BCUT2D eigenvalue weighted by Crippen LogP contribution is -2.29. The van der Waals surface area contributed by atoms with Crippen molar-refractivity contribution in [3.05, 3.63) is 64.9 Å². The highest BCUT2D eigenvalue weighted by Crippen LogP contribution is 2.41. The number of aromatic nitrogens is 1. The van der Waals surface area contributed by atoms with Crippen LogP contribution in [0.2, 0.25) is 5.02 Å². The Morgan fingerprint density at radius 2 is 1.80 bits per heavy atom. The van der Waals surface area contributed by atoms with E-state index < -0.39 is 0 Å². The first-order valence-electron chi connectivity index (χ1n) is 6.70. The highest BCUT2D eigenvalue weighted by Gasteiger charge is 2.33. The molecule has 0 saturated heterocycles. The van der Waals surface area contributed by atoms with E-state index in [2.05, 4.69) is 10.3 Å². The van der Waals surface area contributed by atoms with Gasteiger partial charge >= 0.3 is 0 Å². The van der Waals surface area contributed by atoms with Crippen molar-refractivity contribution < 1.29 is 4.79 Å². The first-order valence-corrected chi connectivity index (χ1v) is 7.08. The highest BCUT2D eigenvalue weighted by atomic mass is 35.5. The molecule has 1 aliphatic rings. The Hall–Kier alpha value is -1.87. The van der Waals surface area contributed by atoms with Crippen molar-refractivity contribution in [2.75, 3.05) is 0 Å². The standard InChI is InChI=1S/C16H15ClN2O/c17-14-5-3-12(4-6-14)15(11-1-2-11)19-16(20)13-7-9-18-10-8-13/h3-11,15H,1-2H2,(H,19,20)/t15-/m0/s1. The molecule has 1 atom stereocenters. The first-order chi connectivity index (χ1) is 9.74. The SMILES string of the molecule is O=C(N[C@H](c1ccc(Cl)cc1)C1CC1)c1ccncc1. The lowest BCUT2D eigenvalue weighted by molar-refractivity contribution is 0.0931. The Bertz CT molecular complexity index is 594. The van der Waals surface area contributed by atoms with Gasteiger partial charge in [-0.3, -0.25) is 9.78 Å². The predicted molar refractivity (Wildman–Crippen MR) is 78.6 cm³/mol. The van der Waals surface area contributed by atoms with E-state index in [1.807, 2.05) is 24.3 Å².